The number of nitrogens with zero attached hydrogens (tertiary/aromatic N) is 2. The van der Waals surface area contributed by atoms with E-state index in [9.17, 15) is 0 Å². The Balaban J connectivity index is 1.80. The molecule has 0 unspecified atom stereocenters. The summed E-state index contributed by atoms with van der Waals surface area (Å²) >= 11 is 1.76. The molecule has 4 nitrogen and oxygen atoms in total. The van der Waals surface area contributed by atoms with Crippen molar-refractivity contribution in [1.29, 1.82) is 0 Å². The van der Waals surface area contributed by atoms with Crippen molar-refractivity contribution >= 4 is 16.5 Å². The molecule has 0 bridgehead atoms. The third-order valence-electron chi connectivity index (χ3n) is 2.64. The van der Waals surface area contributed by atoms with E-state index in [2.05, 4.69) is 22.2 Å². The van der Waals surface area contributed by atoms with Gasteiger partial charge >= 0.3 is 0 Å². The fourth-order valence-corrected chi connectivity index (χ4v) is 2.26. The van der Waals surface area contributed by atoms with Crippen LogP contribution in [0.4, 0.5) is 5.13 Å². The smallest absolute Gasteiger partial charge is 0.185 e. The Labute approximate surface area is 101 Å². The molecule has 90 valence electrons. The molecule has 1 aromatic rings. The van der Waals surface area contributed by atoms with Crippen molar-refractivity contribution in [3.05, 3.63) is 11.1 Å². The van der Waals surface area contributed by atoms with Gasteiger partial charge in [-0.05, 0) is 12.8 Å². The van der Waals surface area contributed by atoms with Gasteiger partial charge in [0.05, 0.1) is 6.61 Å². The van der Waals surface area contributed by atoms with Crippen molar-refractivity contribution < 1.29 is 4.74 Å². The Bertz CT molecular complexity index is 325. The van der Waals surface area contributed by atoms with Crippen molar-refractivity contribution in [2.45, 2.75) is 25.4 Å². The van der Waals surface area contributed by atoms with Crippen molar-refractivity contribution in [3.8, 4) is 0 Å². The number of methoxy groups -OCH3 is 1. The van der Waals surface area contributed by atoms with Gasteiger partial charge < -0.3 is 15.0 Å². The zero-order valence-corrected chi connectivity index (χ0v) is 10.7. The van der Waals surface area contributed by atoms with Crippen molar-refractivity contribution in [2.24, 2.45) is 0 Å². The van der Waals surface area contributed by atoms with Gasteiger partial charge in [0, 0.05) is 44.4 Å². The molecule has 0 radical (unpaired) electrons. The molecular formula is C11H19N3OS. The summed E-state index contributed by atoms with van der Waals surface area (Å²) < 4.78 is 5.05. The molecule has 0 aliphatic heterocycles. The number of thiazole rings is 1. The van der Waals surface area contributed by atoms with Gasteiger partial charge in [-0.15, -0.1) is 11.3 Å². The zero-order chi connectivity index (χ0) is 11.4. The molecule has 16 heavy (non-hydrogen) atoms. The average molecular weight is 241 g/mol. The van der Waals surface area contributed by atoms with Gasteiger partial charge in [0.1, 0.15) is 0 Å². The summed E-state index contributed by atoms with van der Waals surface area (Å²) in [4.78, 5) is 7.86. The van der Waals surface area contributed by atoms with E-state index in [-0.39, 0.29) is 0 Å². The van der Waals surface area contributed by atoms with Gasteiger partial charge in [-0.25, -0.2) is 4.98 Å². The molecule has 0 amide bonds. The van der Waals surface area contributed by atoms with Crippen LogP contribution in [0.2, 0.25) is 0 Å². The summed E-state index contributed by atoms with van der Waals surface area (Å²) in [6.07, 6.45) is 4.64. The van der Waals surface area contributed by atoms with E-state index in [1.54, 1.807) is 18.4 Å². The fourth-order valence-electron chi connectivity index (χ4n) is 1.41. The van der Waals surface area contributed by atoms with Gasteiger partial charge in [0.2, 0.25) is 0 Å². The number of ether oxygens (including phenoxy) is 1. The van der Waals surface area contributed by atoms with Crippen LogP contribution in [-0.4, -0.2) is 38.3 Å². The lowest BCUT2D eigenvalue weighted by Crippen LogP contribution is -2.21. The molecule has 1 aliphatic rings. The number of hydrogen-bond acceptors (Lipinski definition) is 5. The standard InChI is InChI=1S/C11H19N3OS/c1-14(5-6-15-2)11-13-8-10(16-11)7-12-9-3-4-9/h8-9,12H,3-7H2,1-2H3. The SMILES string of the molecule is COCCN(C)c1ncc(CNC2CC2)s1. The van der Waals surface area contributed by atoms with E-state index in [1.165, 1.54) is 17.7 Å². The normalized spacial score (nSPS) is 15.4. The minimum absolute atomic E-state index is 0.742. The Morgan fingerprint density at radius 2 is 2.44 bits per heavy atom. The van der Waals surface area contributed by atoms with E-state index in [1.807, 2.05) is 6.20 Å². The Hall–Kier alpha value is -0.650. The third kappa shape index (κ3) is 3.43. The maximum Gasteiger partial charge on any atom is 0.185 e. The molecule has 0 aromatic carbocycles. The number of rotatable bonds is 7. The number of hydrogen-bond donors (Lipinski definition) is 1. The van der Waals surface area contributed by atoms with Crippen LogP contribution < -0.4 is 10.2 Å². The first-order valence-corrected chi connectivity index (χ1v) is 6.49. The Morgan fingerprint density at radius 1 is 1.62 bits per heavy atom. The van der Waals surface area contributed by atoms with Crippen LogP contribution in [0.1, 0.15) is 17.7 Å². The van der Waals surface area contributed by atoms with Crippen LogP contribution in [0.3, 0.4) is 0 Å². The van der Waals surface area contributed by atoms with E-state index >= 15 is 0 Å². The van der Waals surface area contributed by atoms with Gasteiger partial charge in [-0.2, -0.15) is 0 Å². The minimum atomic E-state index is 0.742. The second kappa shape index (κ2) is 5.61. The lowest BCUT2D eigenvalue weighted by atomic mass is 10.5. The molecule has 0 saturated heterocycles. The molecule has 0 spiro atoms. The highest BCUT2D eigenvalue weighted by molar-refractivity contribution is 7.15. The summed E-state index contributed by atoms with van der Waals surface area (Å²) in [5.74, 6) is 0. The summed E-state index contributed by atoms with van der Waals surface area (Å²) in [6, 6.07) is 0.761. The van der Waals surface area contributed by atoms with E-state index < -0.39 is 0 Å². The number of likely N-dealkylation sites (N-methyl/N-ethyl adjacent to an activating group) is 1. The quantitative estimate of drug-likeness (QED) is 0.784. The monoisotopic (exact) mass is 241 g/mol. The number of nitrogens with one attached hydrogen (secondary N) is 1. The molecule has 1 aliphatic carbocycles. The molecule has 2 rings (SSSR count). The predicted octanol–water partition coefficient (Wildman–Crippen LogP) is 1.48. The van der Waals surface area contributed by atoms with Crippen molar-refractivity contribution in [2.75, 3.05) is 32.2 Å². The first-order chi connectivity index (χ1) is 7.79. The highest BCUT2D eigenvalue weighted by Gasteiger charge is 2.20. The van der Waals surface area contributed by atoms with Crippen LogP contribution in [0.25, 0.3) is 0 Å². The lowest BCUT2D eigenvalue weighted by molar-refractivity contribution is 0.206. The number of anilines is 1. The lowest BCUT2D eigenvalue weighted by Gasteiger charge is -2.14. The van der Waals surface area contributed by atoms with Crippen molar-refractivity contribution in [1.82, 2.24) is 10.3 Å². The number of aromatic nitrogens is 1. The maximum absolute atomic E-state index is 5.05. The zero-order valence-electron chi connectivity index (χ0n) is 9.90. The minimum Gasteiger partial charge on any atom is -0.383 e. The molecular weight excluding hydrogens is 222 g/mol. The molecule has 1 N–H and O–H groups in total. The first-order valence-electron chi connectivity index (χ1n) is 5.67. The van der Waals surface area contributed by atoms with Gasteiger partial charge in [-0.3, -0.25) is 0 Å². The van der Waals surface area contributed by atoms with Gasteiger partial charge in [0.25, 0.3) is 0 Å². The predicted molar refractivity (Wildman–Crippen MR) is 67.1 cm³/mol. The summed E-state index contributed by atoms with van der Waals surface area (Å²) in [7, 11) is 3.77. The van der Waals surface area contributed by atoms with Crippen LogP contribution in [0.15, 0.2) is 6.20 Å². The molecule has 1 fully saturated rings. The van der Waals surface area contributed by atoms with Gasteiger partial charge in [-0.1, -0.05) is 0 Å². The van der Waals surface area contributed by atoms with E-state index in [0.717, 1.165) is 30.9 Å². The molecule has 1 heterocycles. The Morgan fingerprint density at radius 3 is 3.12 bits per heavy atom. The highest BCUT2D eigenvalue weighted by atomic mass is 32.1. The molecule has 1 aromatic heterocycles. The summed E-state index contributed by atoms with van der Waals surface area (Å²) in [6.45, 7) is 2.59. The summed E-state index contributed by atoms with van der Waals surface area (Å²) in [5, 5.41) is 4.57. The van der Waals surface area contributed by atoms with Crippen LogP contribution in [-0.2, 0) is 11.3 Å². The van der Waals surface area contributed by atoms with Crippen LogP contribution in [0.5, 0.6) is 0 Å². The highest BCUT2D eigenvalue weighted by Crippen LogP contribution is 2.23. The van der Waals surface area contributed by atoms with E-state index in [0.29, 0.717) is 0 Å². The fraction of sp³-hybridized carbons (Fsp3) is 0.727. The van der Waals surface area contributed by atoms with E-state index in [4.69, 9.17) is 4.74 Å². The molecule has 0 atom stereocenters. The largest absolute Gasteiger partial charge is 0.383 e. The summed E-state index contributed by atoms with van der Waals surface area (Å²) in [5.41, 5.74) is 0. The topological polar surface area (TPSA) is 37.4 Å². The van der Waals surface area contributed by atoms with Crippen molar-refractivity contribution in [3.63, 3.8) is 0 Å². The molecule has 5 heteroatoms. The van der Waals surface area contributed by atoms with Crippen LogP contribution in [0, 0.1) is 0 Å². The Kier molecular flexibility index (Phi) is 4.15. The third-order valence-corrected chi connectivity index (χ3v) is 3.75. The van der Waals surface area contributed by atoms with Crippen LogP contribution >= 0.6 is 11.3 Å². The second-order valence-electron chi connectivity index (χ2n) is 4.18. The first kappa shape index (κ1) is 11.8. The molecule has 1 saturated carbocycles. The van der Waals surface area contributed by atoms with Gasteiger partial charge in [0.15, 0.2) is 5.13 Å². The average Bonchev–Trinajstić information content (AvgIpc) is 3.00. The maximum atomic E-state index is 5.05. The second-order valence-corrected chi connectivity index (χ2v) is 5.27.